The maximum absolute atomic E-state index is 6.05. The predicted octanol–water partition coefficient (Wildman–Crippen LogP) is 11.2. The zero-order valence-electron chi connectivity index (χ0n) is 25.5. The Morgan fingerprint density at radius 2 is 1.21 bits per heavy atom. The van der Waals surface area contributed by atoms with Gasteiger partial charge in [0.25, 0.3) is 0 Å². The van der Waals surface area contributed by atoms with Gasteiger partial charge in [-0.3, -0.25) is 0 Å². The average molecular weight is 537 g/mol. The van der Waals surface area contributed by atoms with E-state index in [1.54, 1.807) is 0 Å². The second kappa shape index (κ2) is 17.5. The minimum absolute atomic E-state index is 0.478. The third-order valence-corrected chi connectivity index (χ3v) is 10.4. The van der Waals surface area contributed by atoms with Gasteiger partial charge in [-0.2, -0.15) is 0 Å². The minimum atomic E-state index is 0.478. The monoisotopic (exact) mass is 536 g/mol. The molecule has 220 valence electrons. The highest BCUT2D eigenvalue weighted by molar-refractivity contribution is 5.29. The minimum Gasteiger partial charge on any atom is -0.494 e. The number of hydrogen-bond acceptors (Lipinski definition) is 2. The van der Waals surface area contributed by atoms with Crippen LogP contribution in [0.5, 0.6) is 5.75 Å². The molecular weight excluding hydrogens is 476 g/mol. The van der Waals surface area contributed by atoms with E-state index in [1.807, 2.05) is 0 Å². The van der Waals surface area contributed by atoms with Crippen molar-refractivity contribution in [1.82, 2.24) is 0 Å². The third kappa shape index (κ3) is 11.3. The van der Waals surface area contributed by atoms with Crippen LogP contribution in [0, 0.1) is 17.8 Å². The number of unbranched alkanes of at least 4 members (excludes halogenated alkanes) is 4. The van der Waals surface area contributed by atoms with Gasteiger partial charge in [-0.25, -0.2) is 0 Å². The summed E-state index contributed by atoms with van der Waals surface area (Å²) in [6.07, 6.45) is 29.0. The fourth-order valence-corrected chi connectivity index (χ4v) is 7.56. The largest absolute Gasteiger partial charge is 0.494 e. The number of rotatable bonds is 16. The molecule has 3 fully saturated rings. The SMILES string of the molecule is C=C1CCC(OCCCCCCOc2ccc(C3CCC(CCC4CCC(CCCC)CC4)CC3)cc2)CC1. The van der Waals surface area contributed by atoms with Crippen molar-refractivity contribution in [3.63, 3.8) is 0 Å². The lowest BCUT2D eigenvalue weighted by Crippen LogP contribution is -2.18. The first-order chi connectivity index (χ1) is 19.2. The summed E-state index contributed by atoms with van der Waals surface area (Å²) in [7, 11) is 0. The zero-order valence-corrected chi connectivity index (χ0v) is 25.5. The zero-order chi connectivity index (χ0) is 27.1. The van der Waals surface area contributed by atoms with E-state index >= 15 is 0 Å². The Morgan fingerprint density at radius 1 is 0.641 bits per heavy atom. The molecule has 0 aromatic heterocycles. The van der Waals surface area contributed by atoms with Crippen LogP contribution in [0.15, 0.2) is 36.4 Å². The van der Waals surface area contributed by atoms with E-state index in [-0.39, 0.29) is 0 Å². The van der Waals surface area contributed by atoms with Crippen LogP contribution in [0.1, 0.15) is 153 Å². The smallest absolute Gasteiger partial charge is 0.119 e. The van der Waals surface area contributed by atoms with Gasteiger partial charge in [-0.05, 0) is 112 Å². The average Bonchev–Trinajstić information content (AvgIpc) is 2.98. The van der Waals surface area contributed by atoms with Gasteiger partial charge in [0.1, 0.15) is 5.75 Å². The number of hydrogen-bond donors (Lipinski definition) is 0. The molecule has 0 spiro atoms. The lowest BCUT2D eigenvalue weighted by Gasteiger charge is -2.32. The van der Waals surface area contributed by atoms with Crippen molar-refractivity contribution in [2.75, 3.05) is 13.2 Å². The second-order valence-electron chi connectivity index (χ2n) is 13.5. The molecule has 0 heterocycles. The summed E-state index contributed by atoms with van der Waals surface area (Å²) >= 11 is 0. The van der Waals surface area contributed by atoms with Gasteiger partial charge in [0, 0.05) is 6.61 Å². The Labute approximate surface area is 241 Å². The molecule has 3 saturated carbocycles. The van der Waals surface area contributed by atoms with Crippen LogP contribution in [0.2, 0.25) is 0 Å². The Hall–Kier alpha value is -1.28. The summed E-state index contributed by atoms with van der Waals surface area (Å²) in [6, 6.07) is 9.11. The van der Waals surface area contributed by atoms with Crippen LogP contribution in [0.3, 0.4) is 0 Å². The summed E-state index contributed by atoms with van der Waals surface area (Å²) < 4.78 is 12.1. The maximum Gasteiger partial charge on any atom is 0.119 e. The van der Waals surface area contributed by atoms with Crippen LogP contribution in [-0.4, -0.2) is 19.3 Å². The molecule has 0 amide bonds. The maximum atomic E-state index is 6.05. The van der Waals surface area contributed by atoms with Gasteiger partial charge in [0.15, 0.2) is 0 Å². The molecule has 2 heteroatoms. The molecule has 1 aromatic carbocycles. The topological polar surface area (TPSA) is 18.5 Å². The van der Waals surface area contributed by atoms with E-state index in [0.717, 1.165) is 61.9 Å². The molecule has 39 heavy (non-hydrogen) atoms. The summed E-state index contributed by atoms with van der Waals surface area (Å²) in [4.78, 5) is 0. The summed E-state index contributed by atoms with van der Waals surface area (Å²) in [5.74, 6) is 4.88. The molecule has 0 N–H and O–H groups in total. The van der Waals surface area contributed by atoms with E-state index in [2.05, 4.69) is 37.8 Å². The fraction of sp³-hybridized carbons (Fsp3) is 0.784. The van der Waals surface area contributed by atoms with Crippen molar-refractivity contribution in [2.45, 2.75) is 154 Å². The summed E-state index contributed by atoms with van der Waals surface area (Å²) in [5.41, 5.74) is 2.94. The number of allylic oxidation sites excluding steroid dienone is 1. The second-order valence-corrected chi connectivity index (χ2v) is 13.5. The molecule has 3 aliphatic rings. The van der Waals surface area contributed by atoms with Crippen LogP contribution in [0.4, 0.5) is 0 Å². The molecule has 0 bridgehead atoms. The van der Waals surface area contributed by atoms with Gasteiger partial charge >= 0.3 is 0 Å². The van der Waals surface area contributed by atoms with Gasteiger partial charge in [-0.1, -0.05) is 95.4 Å². The van der Waals surface area contributed by atoms with Crippen molar-refractivity contribution in [2.24, 2.45) is 17.8 Å². The van der Waals surface area contributed by atoms with Crippen LogP contribution in [0.25, 0.3) is 0 Å². The van der Waals surface area contributed by atoms with Crippen LogP contribution < -0.4 is 4.74 Å². The van der Waals surface area contributed by atoms with E-state index in [4.69, 9.17) is 9.47 Å². The fourth-order valence-electron chi connectivity index (χ4n) is 7.56. The molecule has 2 nitrogen and oxygen atoms in total. The highest BCUT2D eigenvalue weighted by atomic mass is 16.5. The van der Waals surface area contributed by atoms with E-state index in [1.165, 1.54) is 127 Å². The molecule has 0 atom stereocenters. The van der Waals surface area contributed by atoms with Crippen molar-refractivity contribution < 1.29 is 9.47 Å². The molecule has 0 unspecified atom stereocenters. The summed E-state index contributed by atoms with van der Waals surface area (Å²) in [5, 5.41) is 0. The molecule has 3 aliphatic carbocycles. The Balaban J connectivity index is 1.00. The van der Waals surface area contributed by atoms with Gasteiger partial charge in [-0.15, -0.1) is 0 Å². The number of benzene rings is 1. The quantitative estimate of drug-likeness (QED) is 0.154. The Morgan fingerprint density at radius 3 is 1.82 bits per heavy atom. The van der Waals surface area contributed by atoms with Crippen molar-refractivity contribution >= 4 is 0 Å². The lowest BCUT2D eigenvalue weighted by molar-refractivity contribution is 0.0332. The highest BCUT2D eigenvalue weighted by Gasteiger charge is 2.25. The van der Waals surface area contributed by atoms with Crippen molar-refractivity contribution in [3.05, 3.63) is 42.0 Å². The molecule has 4 rings (SSSR count). The van der Waals surface area contributed by atoms with Gasteiger partial charge in [0.05, 0.1) is 12.7 Å². The van der Waals surface area contributed by atoms with Gasteiger partial charge in [0.2, 0.25) is 0 Å². The number of ether oxygens (including phenoxy) is 2. The highest BCUT2D eigenvalue weighted by Crippen LogP contribution is 2.40. The lowest BCUT2D eigenvalue weighted by atomic mass is 9.74. The van der Waals surface area contributed by atoms with Crippen molar-refractivity contribution in [1.29, 1.82) is 0 Å². The molecule has 0 radical (unpaired) electrons. The standard InChI is InChI=1S/C37H60O2/c1-3-4-9-31-12-14-32(15-13-31)16-17-33-18-20-34(21-19-33)35-22-26-37(27-23-35)39-29-8-6-5-7-28-38-36-24-10-30(2)11-25-36/h22-23,26-27,31-34,36H,2-21,24-25,28-29H2,1H3. The first-order valence-electron chi connectivity index (χ1n) is 17.2. The normalized spacial score (nSPS) is 26.5. The summed E-state index contributed by atoms with van der Waals surface area (Å²) in [6.45, 7) is 8.18. The van der Waals surface area contributed by atoms with E-state index < -0.39 is 0 Å². The first-order valence-corrected chi connectivity index (χ1v) is 17.2. The predicted molar refractivity (Wildman–Crippen MR) is 167 cm³/mol. The van der Waals surface area contributed by atoms with E-state index in [0.29, 0.717) is 6.10 Å². The molecular formula is C37H60O2. The molecule has 1 aromatic rings. The Bertz CT molecular complexity index is 772. The van der Waals surface area contributed by atoms with E-state index in [9.17, 15) is 0 Å². The third-order valence-electron chi connectivity index (χ3n) is 10.4. The first kappa shape index (κ1) is 30.7. The van der Waals surface area contributed by atoms with Crippen LogP contribution >= 0.6 is 0 Å². The Kier molecular flexibility index (Phi) is 13.8. The van der Waals surface area contributed by atoms with Gasteiger partial charge < -0.3 is 9.47 Å². The molecule has 0 aliphatic heterocycles. The molecule has 0 saturated heterocycles. The van der Waals surface area contributed by atoms with Crippen molar-refractivity contribution in [3.8, 4) is 5.75 Å². The van der Waals surface area contributed by atoms with Crippen LogP contribution in [-0.2, 0) is 4.74 Å².